The molecule has 1 aromatic carbocycles. The number of carboxylic acids is 1. The van der Waals surface area contributed by atoms with Gasteiger partial charge in [-0.1, -0.05) is 71.9 Å². The number of nitrogens with one attached hydrogen (secondary N) is 3. The van der Waals surface area contributed by atoms with Gasteiger partial charge in [-0.05, 0) is 36.2 Å². The second kappa shape index (κ2) is 14.5. The largest absolute Gasteiger partial charge is 0.480 e. The van der Waals surface area contributed by atoms with Crippen molar-refractivity contribution in [2.24, 2.45) is 23.5 Å². The quantitative estimate of drug-likeness (QED) is 0.253. The van der Waals surface area contributed by atoms with Gasteiger partial charge in [0.25, 0.3) is 0 Å². The highest BCUT2D eigenvalue weighted by atomic mass is 16.4. The van der Waals surface area contributed by atoms with Crippen LogP contribution in [0.3, 0.4) is 0 Å². The Balaban J connectivity index is 3.01. The smallest absolute Gasteiger partial charge is 0.320 e. The molecular weight excluding hydrogens is 448 g/mol. The molecule has 3 amide bonds. The molecule has 196 valence electrons. The van der Waals surface area contributed by atoms with Gasteiger partial charge in [-0.25, -0.2) is 0 Å². The predicted octanol–water partition coefficient (Wildman–Crippen LogP) is 1.84. The maximum Gasteiger partial charge on any atom is 0.320 e. The second-order valence-electron chi connectivity index (χ2n) is 10.3. The number of hydrogen-bond acceptors (Lipinski definition) is 5. The molecule has 0 heterocycles. The summed E-state index contributed by atoms with van der Waals surface area (Å²) < 4.78 is 0. The first-order valence-corrected chi connectivity index (χ1v) is 12.2. The van der Waals surface area contributed by atoms with Crippen molar-refractivity contribution < 1.29 is 24.3 Å². The second-order valence-corrected chi connectivity index (χ2v) is 10.3. The van der Waals surface area contributed by atoms with E-state index in [1.807, 2.05) is 58.0 Å². The lowest BCUT2D eigenvalue weighted by Gasteiger charge is -2.29. The van der Waals surface area contributed by atoms with Gasteiger partial charge in [-0.15, -0.1) is 0 Å². The number of amides is 3. The van der Waals surface area contributed by atoms with Crippen LogP contribution in [-0.4, -0.2) is 53.0 Å². The van der Waals surface area contributed by atoms with Gasteiger partial charge in [-0.2, -0.15) is 0 Å². The van der Waals surface area contributed by atoms with E-state index < -0.39 is 47.9 Å². The zero-order chi connectivity index (χ0) is 26.7. The van der Waals surface area contributed by atoms with E-state index in [1.165, 1.54) is 0 Å². The Kier molecular flexibility index (Phi) is 12.4. The number of hydrogen-bond donors (Lipinski definition) is 5. The number of carbonyl (C=O) groups is 4. The van der Waals surface area contributed by atoms with E-state index in [0.29, 0.717) is 12.8 Å². The summed E-state index contributed by atoms with van der Waals surface area (Å²) in [7, 11) is 0. The first-order valence-electron chi connectivity index (χ1n) is 12.2. The van der Waals surface area contributed by atoms with Crippen LogP contribution in [0.25, 0.3) is 0 Å². The molecule has 1 rings (SSSR count). The third-order valence-corrected chi connectivity index (χ3v) is 5.62. The Hall–Kier alpha value is -2.94. The number of carbonyl (C=O) groups excluding carboxylic acids is 3. The number of carboxylic acid groups (broad SMARTS) is 1. The maximum atomic E-state index is 13.2. The van der Waals surface area contributed by atoms with Crippen LogP contribution in [-0.2, 0) is 25.6 Å². The molecule has 35 heavy (non-hydrogen) atoms. The summed E-state index contributed by atoms with van der Waals surface area (Å²) in [5, 5.41) is 18.0. The molecule has 0 fully saturated rings. The molecule has 0 aliphatic heterocycles. The van der Waals surface area contributed by atoms with E-state index in [4.69, 9.17) is 5.73 Å². The normalized spacial score (nSPS) is 14.9. The minimum absolute atomic E-state index is 0.114. The average molecular weight is 491 g/mol. The van der Waals surface area contributed by atoms with Crippen LogP contribution in [0.2, 0.25) is 0 Å². The number of aliphatic carboxylic acids is 1. The molecule has 0 saturated carbocycles. The van der Waals surface area contributed by atoms with Crippen LogP contribution in [0.1, 0.15) is 59.9 Å². The summed E-state index contributed by atoms with van der Waals surface area (Å²) >= 11 is 0. The van der Waals surface area contributed by atoms with Gasteiger partial charge in [0.15, 0.2) is 0 Å². The van der Waals surface area contributed by atoms with Crippen molar-refractivity contribution in [3.8, 4) is 0 Å². The lowest BCUT2D eigenvalue weighted by atomic mass is 9.97. The minimum Gasteiger partial charge on any atom is -0.480 e. The lowest BCUT2D eigenvalue weighted by molar-refractivity contribution is -0.141. The van der Waals surface area contributed by atoms with Crippen molar-refractivity contribution in [1.29, 1.82) is 0 Å². The molecule has 9 heteroatoms. The average Bonchev–Trinajstić information content (AvgIpc) is 2.75. The van der Waals surface area contributed by atoms with E-state index in [0.717, 1.165) is 5.56 Å². The van der Waals surface area contributed by atoms with Gasteiger partial charge in [0.05, 0.1) is 6.04 Å². The molecule has 0 aliphatic rings. The van der Waals surface area contributed by atoms with Crippen molar-refractivity contribution in [2.75, 3.05) is 0 Å². The van der Waals surface area contributed by atoms with Crippen LogP contribution >= 0.6 is 0 Å². The lowest BCUT2D eigenvalue weighted by Crippen LogP contribution is -2.59. The molecule has 1 aromatic rings. The molecule has 6 N–H and O–H groups in total. The molecule has 0 aliphatic carbocycles. The van der Waals surface area contributed by atoms with Gasteiger partial charge in [0, 0.05) is 6.42 Å². The number of benzene rings is 1. The third kappa shape index (κ3) is 10.9. The number of rotatable bonds is 15. The first kappa shape index (κ1) is 30.1. The van der Waals surface area contributed by atoms with E-state index in [1.54, 1.807) is 13.8 Å². The molecule has 4 atom stereocenters. The predicted molar refractivity (Wildman–Crippen MR) is 135 cm³/mol. The van der Waals surface area contributed by atoms with Crippen molar-refractivity contribution in [1.82, 2.24) is 16.0 Å². The Bertz CT molecular complexity index is 841. The minimum atomic E-state index is -1.02. The summed E-state index contributed by atoms with van der Waals surface area (Å²) in [6.07, 6.45) is 0.997. The van der Waals surface area contributed by atoms with Gasteiger partial charge < -0.3 is 21.5 Å². The molecule has 0 bridgehead atoms. The van der Waals surface area contributed by atoms with Gasteiger partial charge >= 0.3 is 5.97 Å². The monoisotopic (exact) mass is 490 g/mol. The molecule has 0 spiro atoms. The fraction of sp³-hybridized carbons (Fsp3) is 0.615. The van der Waals surface area contributed by atoms with Crippen LogP contribution in [0.15, 0.2) is 30.3 Å². The highest BCUT2D eigenvalue weighted by Gasteiger charge is 2.32. The zero-order valence-corrected chi connectivity index (χ0v) is 21.7. The maximum absolute atomic E-state index is 13.2. The molecule has 0 saturated heterocycles. The van der Waals surface area contributed by atoms with E-state index in [-0.39, 0.29) is 24.2 Å². The van der Waals surface area contributed by atoms with Crippen molar-refractivity contribution in [3.05, 3.63) is 35.9 Å². The van der Waals surface area contributed by atoms with E-state index >= 15 is 0 Å². The van der Waals surface area contributed by atoms with Crippen molar-refractivity contribution in [2.45, 2.75) is 85.0 Å². The Morgan fingerprint density at radius 3 is 1.80 bits per heavy atom. The van der Waals surface area contributed by atoms with Gasteiger partial charge in [0.2, 0.25) is 17.7 Å². The summed E-state index contributed by atoms with van der Waals surface area (Å²) in [6.45, 7) is 11.3. The fourth-order valence-corrected chi connectivity index (χ4v) is 3.80. The Morgan fingerprint density at radius 2 is 1.34 bits per heavy atom. The molecular formula is C26H42N4O5. The van der Waals surface area contributed by atoms with E-state index in [9.17, 15) is 24.3 Å². The SMILES string of the molecule is CC(C)C[C@H](N[C@H](CC(C)C)C(=O)O)C(=O)N[C@H](C(=O)N[C@@H](Cc1ccccc1)C(N)=O)C(C)C. The highest BCUT2D eigenvalue weighted by molar-refractivity contribution is 5.93. The Morgan fingerprint density at radius 1 is 0.800 bits per heavy atom. The molecule has 0 unspecified atom stereocenters. The fourth-order valence-electron chi connectivity index (χ4n) is 3.80. The topological polar surface area (TPSA) is 151 Å². The zero-order valence-electron chi connectivity index (χ0n) is 21.7. The third-order valence-electron chi connectivity index (χ3n) is 5.62. The molecule has 9 nitrogen and oxygen atoms in total. The summed E-state index contributed by atoms with van der Waals surface area (Å²) in [5.41, 5.74) is 6.37. The van der Waals surface area contributed by atoms with Crippen LogP contribution in [0.4, 0.5) is 0 Å². The van der Waals surface area contributed by atoms with Crippen molar-refractivity contribution >= 4 is 23.7 Å². The van der Waals surface area contributed by atoms with Crippen LogP contribution < -0.4 is 21.7 Å². The van der Waals surface area contributed by atoms with Crippen molar-refractivity contribution in [3.63, 3.8) is 0 Å². The summed E-state index contributed by atoms with van der Waals surface area (Å²) in [5.74, 6) is -2.72. The number of primary amides is 1. The molecule has 0 radical (unpaired) electrons. The summed E-state index contributed by atoms with van der Waals surface area (Å²) in [4.78, 5) is 50.1. The Labute approximate surface area is 208 Å². The van der Waals surface area contributed by atoms with Crippen LogP contribution in [0.5, 0.6) is 0 Å². The van der Waals surface area contributed by atoms with E-state index in [2.05, 4.69) is 16.0 Å². The summed E-state index contributed by atoms with van der Waals surface area (Å²) in [6, 6.07) is 5.64. The first-order chi connectivity index (χ1) is 16.3. The number of nitrogens with two attached hydrogens (primary N) is 1. The van der Waals surface area contributed by atoms with Gasteiger partial charge in [0.1, 0.15) is 18.1 Å². The van der Waals surface area contributed by atoms with Crippen LogP contribution in [0, 0.1) is 17.8 Å². The molecule has 0 aromatic heterocycles. The standard InChI is InChI=1S/C26H42N4O5/c1-15(2)12-20(28-21(26(34)35)13-16(3)4)24(32)30-22(17(5)6)25(33)29-19(23(27)31)14-18-10-8-7-9-11-18/h7-11,15-17,19-22,28H,12-14H2,1-6H3,(H2,27,31)(H,29,33)(H,30,32)(H,34,35)/t19-,20-,21+,22-/m0/s1. The van der Waals surface area contributed by atoms with Gasteiger partial charge in [-0.3, -0.25) is 24.5 Å². The highest BCUT2D eigenvalue weighted by Crippen LogP contribution is 2.12.